The van der Waals surface area contributed by atoms with Crippen molar-refractivity contribution in [1.29, 1.82) is 0 Å². The molecule has 0 heterocycles. The lowest BCUT2D eigenvalue weighted by atomic mass is 9.79. The summed E-state index contributed by atoms with van der Waals surface area (Å²) in [4.78, 5) is 11.9. The molecule has 6 heteroatoms. The quantitative estimate of drug-likeness (QED) is 0.693. The van der Waals surface area contributed by atoms with E-state index in [1.165, 1.54) is 19.1 Å². The van der Waals surface area contributed by atoms with E-state index in [1.54, 1.807) is 19.1 Å². The predicted octanol–water partition coefficient (Wildman–Crippen LogP) is 3.76. The van der Waals surface area contributed by atoms with Crippen LogP contribution in [0, 0.1) is 11.8 Å². The lowest BCUT2D eigenvalue weighted by Crippen LogP contribution is -2.44. The van der Waals surface area contributed by atoms with Crippen LogP contribution >= 0.6 is 0 Å². The van der Waals surface area contributed by atoms with Crippen LogP contribution in [-0.4, -0.2) is 30.7 Å². The lowest BCUT2D eigenvalue weighted by Gasteiger charge is -2.34. The van der Waals surface area contributed by atoms with Gasteiger partial charge in [0, 0.05) is 0 Å². The first-order chi connectivity index (χ1) is 11.3. The third kappa shape index (κ3) is 4.90. The van der Waals surface area contributed by atoms with Crippen LogP contribution in [-0.2, 0) is 15.1 Å². The Balaban J connectivity index is 3.09. The average Bonchev–Trinajstić information content (AvgIpc) is 2.53. The van der Waals surface area contributed by atoms with Crippen molar-refractivity contribution < 1.29 is 28.2 Å². The number of rotatable bonds is 9. The van der Waals surface area contributed by atoms with E-state index >= 15 is 0 Å². The maximum atomic E-state index is 13.4. The Morgan fingerprint density at radius 2 is 1.79 bits per heavy atom. The summed E-state index contributed by atoms with van der Waals surface area (Å²) in [5.74, 6) is -2.11. The Morgan fingerprint density at radius 3 is 2.21 bits per heavy atom. The molecule has 0 aliphatic rings. The second kappa shape index (κ2) is 8.97. The largest absolute Gasteiger partial charge is 0.493 e. The Morgan fingerprint density at radius 1 is 1.21 bits per heavy atom. The fourth-order valence-corrected chi connectivity index (χ4v) is 2.44. The molecule has 1 rings (SSSR count). The van der Waals surface area contributed by atoms with Crippen LogP contribution in [0.15, 0.2) is 24.3 Å². The van der Waals surface area contributed by atoms with Gasteiger partial charge in [-0.2, -0.15) is 0 Å². The summed E-state index contributed by atoms with van der Waals surface area (Å²) in [6.45, 7) is 7.61. The highest BCUT2D eigenvalue weighted by Crippen LogP contribution is 2.38. The molecule has 24 heavy (non-hydrogen) atoms. The normalized spacial score (nSPS) is 15.2. The maximum absolute atomic E-state index is 13.4. The van der Waals surface area contributed by atoms with Gasteiger partial charge in [-0.15, -0.1) is 0 Å². The number of carbonyl (C=O) groups is 1. The molecule has 1 aromatic carbocycles. The molecule has 0 amide bonds. The van der Waals surface area contributed by atoms with E-state index in [1.807, 2.05) is 13.8 Å². The monoisotopic (exact) mass is 344 g/mol. The topological polar surface area (TPSA) is 55.8 Å². The van der Waals surface area contributed by atoms with Gasteiger partial charge in [-0.05, 0) is 37.0 Å². The number of alkyl halides is 2. The summed E-state index contributed by atoms with van der Waals surface area (Å²) >= 11 is 0. The molecular formula is C18H26F2O4. The molecule has 1 aromatic rings. The minimum Gasteiger partial charge on any atom is -0.493 e. The van der Waals surface area contributed by atoms with Crippen LogP contribution < -0.4 is 4.74 Å². The van der Waals surface area contributed by atoms with Crippen LogP contribution in [0.2, 0.25) is 0 Å². The fraction of sp³-hybridized carbons (Fsp3) is 0.611. The molecule has 0 aromatic heterocycles. The molecule has 0 aliphatic heterocycles. The first-order valence-electron chi connectivity index (χ1n) is 8.16. The third-order valence-electron chi connectivity index (χ3n) is 3.78. The van der Waals surface area contributed by atoms with Crippen LogP contribution in [0.4, 0.5) is 8.78 Å². The van der Waals surface area contributed by atoms with E-state index in [-0.39, 0.29) is 18.6 Å². The maximum Gasteiger partial charge on any atom is 0.318 e. The van der Waals surface area contributed by atoms with Crippen molar-refractivity contribution in [3.05, 3.63) is 29.8 Å². The number of benzene rings is 1. The molecule has 2 unspecified atom stereocenters. The molecule has 0 aliphatic carbocycles. The summed E-state index contributed by atoms with van der Waals surface area (Å²) in [6.07, 6.45) is -3.08. The van der Waals surface area contributed by atoms with Crippen molar-refractivity contribution in [1.82, 2.24) is 0 Å². The first kappa shape index (κ1) is 20.4. The van der Waals surface area contributed by atoms with Gasteiger partial charge in [-0.25, -0.2) is 8.78 Å². The molecule has 0 saturated heterocycles. The highest BCUT2D eigenvalue weighted by atomic mass is 19.3. The summed E-state index contributed by atoms with van der Waals surface area (Å²) < 4.78 is 37.1. The highest BCUT2D eigenvalue weighted by molar-refractivity contribution is 5.74. The van der Waals surface area contributed by atoms with E-state index in [9.17, 15) is 18.7 Å². The van der Waals surface area contributed by atoms with Crippen molar-refractivity contribution in [3.63, 3.8) is 0 Å². The van der Waals surface area contributed by atoms with Gasteiger partial charge in [0.15, 0.2) is 5.92 Å². The molecule has 0 bridgehead atoms. The van der Waals surface area contributed by atoms with Crippen molar-refractivity contribution in [2.75, 3.05) is 13.2 Å². The molecule has 136 valence electrons. The van der Waals surface area contributed by atoms with Gasteiger partial charge in [-0.1, -0.05) is 32.9 Å². The summed E-state index contributed by atoms with van der Waals surface area (Å²) in [5.41, 5.74) is -1.77. The van der Waals surface area contributed by atoms with E-state index < -0.39 is 23.9 Å². The van der Waals surface area contributed by atoms with Gasteiger partial charge < -0.3 is 14.6 Å². The van der Waals surface area contributed by atoms with Gasteiger partial charge in [-0.3, -0.25) is 4.79 Å². The minimum atomic E-state index is -3.04. The van der Waals surface area contributed by atoms with Crippen LogP contribution in [0.1, 0.15) is 39.7 Å². The molecule has 2 atom stereocenters. The molecule has 4 nitrogen and oxygen atoms in total. The van der Waals surface area contributed by atoms with Crippen LogP contribution in [0.5, 0.6) is 5.75 Å². The van der Waals surface area contributed by atoms with Crippen LogP contribution in [0.3, 0.4) is 0 Å². The van der Waals surface area contributed by atoms with E-state index in [4.69, 9.17) is 9.47 Å². The van der Waals surface area contributed by atoms with E-state index in [0.717, 1.165) is 0 Å². The first-order valence-corrected chi connectivity index (χ1v) is 8.16. The highest BCUT2D eigenvalue weighted by Gasteiger charge is 2.48. The zero-order chi connectivity index (χ0) is 18.3. The van der Waals surface area contributed by atoms with Crippen molar-refractivity contribution >= 4 is 5.97 Å². The number of aliphatic hydroxyl groups is 1. The van der Waals surface area contributed by atoms with Gasteiger partial charge >= 0.3 is 5.97 Å². The minimum absolute atomic E-state index is 0.0240. The number of esters is 1. The van der Waals surface area contributed by atoms with Gasteiger partial charge in [0.25, 0.3) is 6.43 Å². The van der Waals surface area contributed by atoms with Crippen LogP contribution in [0.25, 0.3) is 0 Å². The Hall–Kier alpha value is -1.69. The summed E-state index contributed by atoms with van der Waals surface area (Å²) in [6, 6.07) is 6.22. The number of hydrogen-bond donors (Lipinski definition) is 1. The number of halogens is 2. The molecule has 0 spiro atoms. The molecule has 0 saturated carbocycles. The molecule has 1 N–H and O–H groups in total. The standard InChI is InChI=1S/C18H26F2O4/c1-5-18(22,15(16(19)20)17(21)23-6-2)13-7-9-14(10-8-13)24-11-12(3)4/h7-10,12,15-16,22H,5-6,11H2,1-4H3. The fourth-order valence-electron chi connectivity index (χ4n) is 2.44. The second-order valence-corrected chi connectivity index (χ2v) is 6.07. The van der Waals surface area contributed by atoms with E-state index in [0.29, 0.717) is 18.3 Å². The predicted molar refractivity (Wildman–Crippen MR) is 87.1 cm³/mol. The number of ether oxygens (including phenoxy) is 2. The Kier molecular flexibility index (Phi) is 7.60. The molecule has 0 radical (unpaired) electrons. The van der Waals surface area contributed by atoms with Crippen molar-refractivity contribution in [3.8, 4) is 5.75 Å². The summed E-state index contributed by atoms with van der Waals surface area (Å²) in [5, 5.41) is 10.8. The third-order valence-corrected chi connectivity index (χ3v) is 3.78. The molecule has 0 fully saturated rings. The smallest absolute Gasteiger partial charge is 0.318 e. The zero-order valence-corrected chi connectivity index (χ0v) is 14.6. The lowest BCUT2D eigenvalue weighted by molar-refractivity contribution is -0.172. The SMILES string of the molecule is CCOC(=O)C(C(F)F)C(O)(CC)c1ccc(OCC(C)C)cc1. The Bertz CT molecular complexity index is 516. The van der Waals surface area contributed by atoms with Crippen molar-refractivity contribution in [2.45, 2.75) is 46.1 Å². The van der Waals surface area contributed by atoms with E-state index in [2.05, 4.69) is 0 Å². The average molecular weight is 344 g/mol. The van der Waals surface area contributed by atoms with Gasteiger partial charge in [0.2, 0.25) is 0 Å². The second-order valence-electron chi connectivity index (χ2n) is 6.07. The summed E-state index contributed by atoms with van der Waals surface area (Å²) in [7, 11) is 0. The van der Waals surface area contributed by atoms with Gasteiger partial charge in [0.05, 0.1) is 13.2 Å². The zero-order valence-electron chi connectivity index (χ0n) is 14.6. The molecular weight excluding hydrogens is 318 g/mol. The Labute approximate surface area is 141 Å². The number of hydrogen-bond acceptors (Lipinski definition) is 4. The van der Waals surface area contributed by atoms with Gasteiger partial charge in [0.1, 0.15) is 11.4 Å². The van der Waals surface area contributed by atoms with Crippen molar-refractivity contribution in [2.24, 2.45) is 11.8 Å². The number of carbonyl (C=O) groups excluding carboxylic acids is 1.